The first-order valence-corrected chi connectivity index (χ1v) is 7.10. The van der Waals surface area contributed by atoms with Crippen LogP contribution in [-0.4, -0.2) is 21.1 Å². The summed E-state index contributed by atoms with van der Waals surface area (Å²) in [6.45, 7) is 3.79. The van der Waals surface area contributed by atoms with Crippen molar-refractivity contribution in [2.24, 2.45) is 0 Å². The SMILES string of the molecule is CCn1c(P(C)(=O)O)nc2ccc(N)cc21. The number of hydrogen-bond donors (Lipinski definition) is 2. The van der Waals surface area contributed by atoms with Gasteiger partial charge in [-0.05, 0) is 25.1 Å². The topological polar surface area (TPSA) is 81.1 Å². The summed E-state index contributed by atoms with van der Waals surface area (Å²) in [4.78, 5) is 13.8. The molecule has 16 heavy (non-hydrogen) atoms. The number of rotatable bonds is 2. The maximum absolute atomic E-state index is 11.7. The third kappa shape index (κ3) is 1.72. The van der Waals surface area contributed by atoms with Gasteiger partial charge in [0.25, 0.3) is 7.37 Å². The quantitative estimate of drug-likeness (QED) is 0.608. The molecule has 1 atom stereocenters. The second kappa shape index (κ2) is 3.61. The maximum atomic E-state index is 11.7. The van der Waals surface area contributed by atoms with Gasteiger partial charge >= 0.3 is 0 Å². The third-order valence-corrected chi connectivity index (χ3v) is 3.52. The van der Waals surface area contributed by atoms with Crippen LogP contribution in [0.4, 0.5) is 5.69 Å². The molecule has 6 heteroatoms. The van der Waals surface area contributed by atoms with E-state index in [1.807, 2.05) is 6.92 Å². The average Bonchev–Trinajstić information content (AvgIpc) is 2.54. The van der Waals surface area contributed by atoms with E-state index in [0.717, 1.165) is 5.52 Å². The van der Waals surface area contributed by atoms with Gasteiger partial charge in [0.2, 0.25) is 0 Å². The molecule has 2 rings (SSSR count). The Balaban J connectivity index is 2.82. The van der Waals surface area contributed by atoms with E-state index in [1.165, 1.54) is 6.66 Å². The number of nitrogens with zero attached hydrogens (tertiary/aromatic N) is 2. The van der Waals surface area contributed by atoms with Gasteiger partial charge in [0, 0.05) is 18.9 Å². The van der Waals surface area contributed by atoms with Crippen molar-refractivity contribution in [2.45, 2.75) is 13.5 Å². The lowest BCUT2D eigenvalue weighted by molar-refractivity contribution is 0.492. The Morgan fingerprint density at radius 2 is 2.25 bits per heavy atom. The van der Waals surface area contributed by atoms with E-state index in [2.05, 4.69) is 4.98 Å². The third-order valence-electron chi connectivity index (χ3n) is 2.44. The van der Waals surface area contributed by atoms with Gasteiger partial charge in [-0.15, -0.1) is 0 Å². The first-order valence-electron chi connectivity index (χ1n) is 5.00. The summed E-state index contributed by atoms with van der Waals surface area (Å²) in [5, 5.41) is 0. The molecule has 0 saturated heterocycles. The second-order valence-electron chi connectivity index (χ2n) is 3.78. The van der Waals surface area contributed by atoms with E-state index in [-0.39, 0.29) is 5.57 Å². The minimum Gasteiger partial charge on any atom is -0.399 e. The number of imidazole rings is 1. The molecule has 0 spiro atoms. The van der Waals surface area contributed by atoms with Gasteiger partial charge in [-0.1, -0.05) is 0 Å². The van der Waals surface area contributed by atoms with Crippen LogP contribution in [0.15, 0.2) is 18.2 Å². The molecule has 3 N–H and O–H groups in total. The van der Waals surface area contributed by atoms with Crippen LogP contribution in [-0.2, 0) is 11.1 Å². The maximum Gasteiger partial charge on any atom is 0.261 e. The lowest BCUT2D eigenvalue weighted by atomic mass is 10.3. The Labute approximate surface area is 93.4 Å². The highest BCUT2D eigenvalue weighted by molar-refractivity contribution is 7.64. The molecule has 0 fully saturated rings. The minimum atomic E-state index is -3.35. The Morgan fingerprint density at radius 1 is 1.56 bits per heavy atom. The van der Waals surface area contributed by atoms with Gasteiger partial charge in [0.15, 0.2) is 5.57 Å². The van der Waals surface area contributed by atoms with Gasteiger partial charge in [0.1, 0.15) is 0 Å². The van der Waals surface area contributed by atoms with Crippen molar-refractivity contribution >= 4 is 29.7 Å². The zero-order valence-corrected chi connectivity index (χ0v) is 10.1. The molecule has 1 aromatic heterocycles. The number of anilines is 1. The molecule has 0 saturated carbocycles. The van der Waals surface area contributed by atoms with Crippen molar-refractivity contribution in [3.05, 3.63) is 18.2 Å². The number of fused-ring (bicyclic) bond motifs is 1. The Kier molecular flexibility index (Phi) is 2.52. The summed E-state index contributed by atoms with van der Waals surface area (Å²) in [6, 6.07) is 5.26. The highest BCUT2D eigenvalue weighted by Gasteiger charge is 2.22. The van der Waals surface area contributed by atoms with Crippen LogP contribution in [0.3, 0.4) is 0 Å². The Hall–Kier alpha value is -1.32. The van der Waals surface area contributed by atoms with Crippen molar-refractivity contribution < 1.29 is 9.46 Å². The van der Waals surface area contributed by atoms with Gasteiger partial charge < -0.3 is 15.2 Å². The van der Waals surface area contributed by atoms with Crippen LogP contribution in [0.25, 0.3) is 11.0 Å². The molecule has 0 aliphatic heterocycles. The lowest BCUT2D eigenvalue weighted by Gasteiger charge is -2.08. The fourth-order valence-corrected chi connectivity index (χ4v) is 2.75. The van der Waals surface area contributed by atoms with E-state index in [9.17, 15) is 9.46 Å². The molecule has 0 aliphatic carbocycles. The molecule has 0 aliphatic rings. The molecule has 0 amide bonds. The van der Waals surface area contributed by atoms with Gasteiger partial charge in [0.05, 0.1) is 11.0 Å². The molecule has 86 valence electrons. The van der Waals surface area contributed by atoms with Crippen molar-refractivity contribution in [2.75, 3.05) is 12.4 Å². The predicted octanol–water partition coefficient (Wildman–Crippen LogP) is 1.16. The number of aromatic nitrogens is 2. The first-order chi connectivity index (χ1) is 7.43. The van der Waals surface area contributed by atoms with Crippen LogP contribution in [0.2, 0.25) is 0 Å². The van der Waals surface area contributed by atoms with Crippen molar-refractivity contribution in [3.63, 3.8) is 0 Å². The summed E-state index contributed by atoms with van der Waals surface area (Å²) >= 11 is 0. The molecular weight excluding hydrogens is 225 g/mol. The molecule has 2 aromatic rings. The largest absolute Gasteiger partial charge is 0.399 e. The second-order valence-corrected chi connectivity index (χ2v) is 5.94. The smallest absolute Gasteiger partial charge is 0.261 e. The van der Waals surface area contributed by atoms with Gasteiger partial charge in [-0.3, -0.25) is 4.57 Å². The number of nitrogens with two attached hydrogens (primary N) is 1. The Morgan fingerprint density at radius 3 is 2.81 bits per heavy atom. The summed E-state index contributed by atoms with van der Waals surface area (Å²) < 4.78 is 13.4. The van der Waals surface area contributed by atoms with E-state index >= 15 is 0 Å². The predicted molar refractivity (Wildman–Crippen MR) is 65.2 cm³/mol. The molecular formula is C10H14N3O2P. The van der Waals surface area contributed by atoms with Crippen LogP contribution < -0.4 is 11.3 Å². The zero-order chi connectivity index (χ0) is 11.9. The standard InChI is InChI=1S/C10H14N3O2P/c1-3-13-9-6-7(11)4-5-8(9)12-10(13)16(2,14)15/h4-6H,3,11H2,1-2H3,(H,14,15). The fourth-order valence-electron chi connectivity index (χ4n) is 1.76. The van der Waals surface area contributed by atoms with Crippen LogP contribution in [0.5, 0.6) is 0 Å². The summed E-state index contributed by atoms with van der Waals surface area (Å²) in [5.74, 6) is 0. The van der Waals surface area contributed by atoms with Crippen LogP contribution >= 0.6 is 7.37 Å². The van der Waals surface area contributed by atoms with E-state index < -0.39 is 7.37 Å². The zero-order valence-electron chi connectivity index (χ0n) is 9.21. The molecule has 0 radical (unpaired) electrons. The molecule has 1 unspecified atom stereocenters. The summed E-state index contributed by atoms with van der Waals surface area (Å²) in [5.41, 5.74) is 8.04. The number of hydrogen-bond acceptors (Lipinski definition) is 3. The highest BCUT2D eigenvalue weighted by Crippen LogP contribution is 2.34. The highest BCUT2D eigenvalue weighted by atomic mass is 31.2. The Bertz CT molecular complexity index is 585. The lowest BCUT2D eigenvalue weighted by Crippen LogP contribution is -2.18. The number of nitrogen functional groups attached to an aromatic ring is 1. The van der Waals surface area contributed by atoms with E-state index in [4.69, 9.17) is 5.73 Å². The number of benzene rings is 1. The first kappa shape index (κ1) is 11.2. The van der Waals surface area contributed by atoms with Crippen LogP contribution in [0.1, 0.15) is 6.92 Å². The van der Waals surface area contributed by atoms with E-state index in [1.54, 1.807) is 22.8 Å². The molecule has 5 nitrogen and oxygen atoms in total. The van der Waals surface area contributed by atoms with Crippen molar-refractivity contribution in [1.82, 2.24) is 9.55 Å². The minimum absolute atomic E-state index is 0.232. The van der Waals surface area contributed by atoms with Crippen molar-refractivity contribution in [3.8, 4) is 0 Å². The monoisotopic (exact) mass is 239 g/mol. The average molecular weight is 239 g/mol. The molecule has 0 bridgehead atoms. The van der Waals surface area contributed by atoms with Crippen molar-refractivity contribution in [1.29, 1.82) is 0 Å². The molecule has 1 aromatic carbocycles. The number of aryl methyl sites for hydroxylation is 1. The normalized spacial score (nSPS) is 15.2. The van der Waals surface area contributed by atoms with Gasteiger partial charge in [-0.25, -0.2) is 4.98 Å². The van der Waals surface area contributed by atoms with Gasteiger partial charge in [-0.2, -0.15) is 0 Å². The van der Waals surface area contributed by atoms with Crippen LogP contribution in [0, 0.1) is 0 Å². The summed E-state index contributed by atoms with van der Waals surface area (Å²) in [7, 11) is -3.35. The molecule has 1 heterocycles. The van der Waals surface area contributed by atoms with E-state index in [0.29, 0.717) is 17.7 Å². The summed E-state index contributed by atoms with van der Waals surface area (Å²) in [6.07, 6.45) is 0. The fraction of sp³-hybridized carbons (Fsp3) is 0.300.